The van der Waals surface area contributed by atoms with Crippen LogP contribution in [0.5, 0.6) is 0 Å². The molecule has 0 aliphatic heterocycles. The summed E-state index contributed by atoms with van der Waals surface area (Å²) < 4.78 is 0. The number of hydrogen-bond acceptors (Lipinski definition) is 2. The van der Waals surface area contributed by atoms with E-state index in [1.54, 1.807) is 7.05 Å². The molecular weight excluding hydrogens is 276 g/mol. The van der Waals surface area contributed by atoms with Gasteiger partial charge < -0.3 is 16.0 Å². The Balaban J connectivity index is 2.13. The summed E-state index contributed by atoms with van der Waals surface area (Å²) >= 11 is 0. The van der Waals surface area contributed by atoms with Gasteiger partial charge in [-0.05, 0) is 26.2 Å². The van der Waals surface area contributed by atoms with Gasteiger partial charge in [0.25, 0.3) is 0 Å². The fourth-order valence-electron chi connectivity index (χ4n) is 2.87. The molecule has 0 spiro atoms. The zero-order chi connectivity index (χ0) is 16.2. The highest BCUT2D eigenvalue weighted by atomic mass is 16.1. The second kappa shape index (κ2) is 11.3. The Kier molecular flexibility index (Phi) is 9.67. The van der Waals surface area contributed by atoms with Crippen LogP contribution >= 0.6 is 0 Å². The number of amides is 1. The van der Waals surface area contributed by atoms with E-state index < -0.39 is 0 Å². The average molecular weight is 310 g/mol. The van der Waals surface area contributed by atoms with E-state index >= 15 is 0 Å². The van der Waals surface area contributed by atoms with Gasteiger partial charge >= 0.3 is 0 Å². The standard InChI is InChI=1S/C17H34N4O/c1-4-5-6-9-14(2)20-17(18-3)19-13-12-16(22)21-15-10-7-8-11-15/h14-15H,4-13H2,1-3H3,(H,21,22)(H2,18,19,20). The van der Waals surface area contributed by atoms with E-state index in [1.165, 1.54) is 32.1 Å². The normalized spacial score (nSPS) is 17.3. The molecule has 0 heterocycles. The highest BCUT2D eigenvalue weighted by molar-refractivity contribution is 5.81. The lowest BCUT2D eigenvalue weighted by Gasteiger charge is -2.18. The largest absolute Gasteiger partial charge is 0.356 e. The van der Waals surface area contributed by atoms with Gasteiger partial charge in [0.15, 0.2) is 5.96 Å². The van der Waals surface area contributed by atoms with Crippen molar-refractivity contribution in [3.05, 3.63) is 0 Å². The quantitative estimate of drug-likeness (QED) is 0.348. The van der Waals surface area contributed by atoms with E-state index in [1.807, 2.05) is 0 Å². The molecule has 1 rings (SSSR count). The molecule has 22 heavy (non-hydrogen) atoms. The second-order valence-corrected chi connectivity index (χ2v) is 6.34. The molecular formula is C17H34N4O. The third-order valence-corrected chi connectivity index (χ3v) is 4.21. The molecule has 1 aliphatic carbocycles. The molecule has 1 aliphatic rings. The summed E-state index contributed by atoms with van der Waals surface area (Å²) in [6.45, 7) is 5.02. The summed E-state index contributed by atoms with van der Waals surface area (Å²) in [5.74, 6) is 0.934. The third kappa shape index (κ3) is 8.25. The predicted octanol–water partition coefficient (Wildman–Crippen LogP) is 2.57. The molecule has 0 aromatic carbocycles. The van der Waals surface area contributed by atoms with Crippen LogP contribution in [0, 0.1) is 0 Å². The molecule has 0 radical (unpaired) electrons. The molecule has 1 fully saturated rings. The Morgan fingerprint density at radius 3 is 2.64 bits per heavy atom. The number of nitrogens with zero attached hydrogens (tertiary/aromatic N) is 1. The summed E-state index contributed by atoms with van der Waals surface area (Å²) in [5.41, 5.74) is 0. The fourth-order valence-corrected chi connectivity index (χ4v) is 2.87. The summed E-state index contributed by atoms with van der Waals surface area (Å²) in [7, 11) is 1.77. The van der Waals surface area contributed by atoms with Crippen molar-refractivity contribution in [3.63, 3.8) is 0 Å². The highest BCUT2D eigenvalue weighted by Crippen LogP contribution is 2.17. The summed E-state index contributed by atoms with van der Waals surface area (Å²) in [4.78, 5) is 16.1. The molecule has 1 unspecified atom stereocenters. The number of unbranched alkanes of at least 4 members (excludes halogenated alkanes) is 2. The molecule has 1 amide bonds. The Bertz CT molecular complexity index is 338. The first kappa shape index (κ1) is 18.8. The minimum Gasteiger partial charge on any atom is -0.356 e. The maximum absolute atomic E-state index is 11.9. The number of nitrogens with one attached hydrogen (secondary N) is 3. The van der Waals surface area contributed by atoms with Crippen molar-refractivity contribution in [3.8, 4) is 0 Å². The lowest BCUT2D eigenvalue weighted by atomic mass is 10.1. The SMILES string of the molecule is CCCCCC(C)NC(=NC)NCCC(=O)NC1CCCC1. The molecule has 128 valence electrons. The molecule has 0 aromatic heterocycles. The van der Waals surface area contributed by atoms with Crippen molar-refractivity contribution < 1.29 is 4.79 Å². The molecule has 0 bridgehead atoms. The van der Waals surface area contributed by atoms with Gasteiger partial charge in [0.05, 0.1) is 0 Å². The van der Waals surface area contributed by atoms with Crippen molar-refractivity contribution in [2.75, 3.05) is 13.6 Å². The van der Waals surface area contributed by atoms with E-state index in [4.69, 9.17) is 0 Å². The number of aliphatic imine (C=N–C) groups is 1. The van der Waals surface area contributed by atoms with E-state index in [2.05, 4.69) is 34.8 Å². The van der Waals surface area contributed by atoms with Crippen LogP contribution < -0.4 is 16.0 Å². The third-order valence-electron chi connectivity index (χ3n) is 4.21. The smallest absolute Gasteiger partial charge is 0.221 e. The Morgan fingerprint density at radius 1 is 1.27 bits per heavy atom. The van der Waals surface area contributed by atoms with Gasteiger partial charge in [0.1, 0.15) is 0 Å². The molecule has 0 aromatic rings. The zero-order valence-electron chi connectivity index (χ0n) is 14.6. The first-order chi connectivity index (χ1) is 10.7. The Morgan fingerprint density at radius 2 is 2.00 bits per heavy atom. The van der Waals surface area contributed by atoms with Gasteiger partial charge in [0.2, 0.25) is 5.91 Å². The van der Waals surface area contributed by atoms with Crippen LogP contribution in [0.25, 0.3) is 0 Å². The monoisotopic (exact) mass is 310 g/mol. The van der Waals surface area contributed by atoms with Crippen LogP contribution in [0.15, 0.2) is 4.99 Å². The fraction of sp³-hybridized carbons (Fsp3) is 0.882. The zero-order valence-corrected chi connectivity index (χ0v) is 14.6. The van der Waals surface area contributed by atoms with Crippen molar-refractivity contribution in [2.24, 2.45) is 4.99 Å². The minimum absolute atomic E-state index is 0.144. The number of carbonyl (C=O) groups excluding carboxylic acids is 1. The molecule has 1 saturated carbocycles. The van der Waals surface area contributed by atoms with Gasteiger partial charge in [-0.15, -0.1) is 0 Å². The highest BCUT2D eigenvalue weighted by Gasteiger charge is 2.16. The van der Waals surface area contributed by atoms with E-state index in [0.717, 1.165) is 25.2 Å². The lowest BCUT2D eigenvalue weighted by Crippen LogP contribution is -2.43. The number of hydrogen-bond donors (Lipinski definition) is 3. The molecule has 0 saturated heterocycles. The first-order valence-electron chi connectivity index (χ1n) is 8.92. The average Bonchev–Trinajstić information content (AvgIpc) is 2.99. The van der Waals surface area contributed by atoms with Gasteiger partial charge in [-0.3, -0.25) is 9.79 Å². The first-order valence-corrected chi connectivity index (χ1v) is 8.92. The van der Waals surface area contributed by atoms with Gasteiger partial charge in [-0.1, -0.05) is 39.0 Å². The summed E-state index contributed by atoms with van der Waals surface area (Å²) in [5, 5.41) is 9.71. The maximum Gasteiger partial charge on any atom is 0.221 e. The van der Waals surface area contributed by atoms with Gasteiger partial charge in [-0.2, -0.15) is 0 Å². The van der Waals surface area contributed by atoms with Crippen LogP contribution in [0.4, 0.5) is 0 Å². The Labute approximate surface area is 135 Å². The predicted molar refractivity (Wildman–Crippen MR) is 93.1 cm³/mol. The van der Waals surface area contributed by atoms with Crippen molar-refractivity contribution in [1.82, 2.24) is 16.0 Å². The number of guanidine groups is 1. The van der Waals surface area contributed by atoms with Gasteiger partial charge in [0, 0.05) is 32.1 Å². The number of rotatable bonds is 9. The van der Waals surface area contributed by atoms with Crippen LogP contribution in [-0.4, -0.2) is 37.5 Å². The van der Waals surface area contributed by atoms with Crippen LogP contribution in [-0.2, 0) is 4.79 Å². The van der Waals surface area contributed by atoms with Crippen LogP contribution in [0.3, 0.4) is 0 Å². The minimum atomic E-state index is 0.144. The van der Waals surface area contributed by atoms with Gasteiger partial charge in [-0.25, -0.2) is 0 Å². The molecule has 1 atom stereocenters. The van der Waals surface area contributed by atoms with E-state index in [-0.39, 0.29) is 5.91 Å². The Hall–Kier alpha value is -1.26. The second-order valence-electron chi connectivity index (χ2n) is 6.34. The van der Waals surface area contributed by atoms with E-state index in [9.17, 15) is 4.79 Å². The van der Waals surface area contributed by atoms with Crippen molar-refractivity contribution in [2.45, 2.75) is 83.7 Å². The van der Waals surface area contributed by atoms with Crippen LogP contribution in [0.2, 0.25) is 0 Å². The van der Waals surface area contributed by atoms with Crippen LogP contribution in [0.1, 0.15) is 71.6 Å². The van der Waals surface area contributed by atoms with E-state index in [0.29, 0.717) is 25.0 Å². The van der Waals surface area contributed by atoms with Crippen molar-refractivity contribution in [1.29, 1.82) is 0 Å². The molecule has 5 nitrogen and oxygen atoms in total. The summed E-state index contributed by atoms with van der Waals surface area (Å²) in [6.07, 6.45) is 10.2. The maximum atomic E-state index is 11.9. The number of carbonyl (C=O) groups is 1. The topological polar surface area (TPSA) is 65.5 Å². The molecule has 3 N–H and O–H groups in total. The van der Waals surface area contributed by atoms with Crippen molar-refractivity contribution >= 4 is 11.9 Å². The molecule has 5 heteroatoms. The lowest BCUT2D eigenvalue weighted by molar-refractivity contribution is -0.121. The summed E-state index contributed by atoms with van der Waals surface area (Å²) in [6, 6.07) is 0.814.